The first-order valence-corrected chi connectivity index (χ1v) is 8.20. The zero-order valence-corrected chi connectivity index (χ0v) is 13.2. The van der Waals surface area contributed by atoms with Crippen molar-refractivity contribution in [1.82, 2.24) is 15.1 Å². The summed E-state index contributed by atoms with van der Waals surface area (Å²) in [6, 6.07) is 2.22. The lowest BCUT2D eigenvalue weighted by molar-refractivity contribution is 0.0741. The van der Waals surface area contributed by atoms with Gasteiger partial charge in [-0.15, -0.1) is 16.4 Å². The maximum Gasteiger partial charge on any atom is 0.266 e. The van der Waals surface area contributed by atoms with E-state index in [0.717, 1.165) is 36.0 Å². The summed E-state index contributed by atoms with van der Waals surface area (Å²) in [5.74, 6) is 0.642. The Balaban J connectivity index is 1.88. The number of hydrogen-bond acceptors (Lipinski definition) is 5. The number of carbonyl (C=O) groups is 1. The molecule has 0 radical (unpaired) electrons. The fraction of sp³-hybridized carbons (Fsp3) is 0.533. The summed E-state index contributed by atoms with van der Waals surface area (Å²) in [7, 11) is 0. The molecule has 2 aromatic heterocycles. The van der Waals surface area contributed by atoms with Gasteiger partial charge in [0.1, 0.15) is 9.71 Å². The van der Waals surface area contributed by atoms with Crippen LogP contribution < -0.4 is 5.73 Å². The number of rotatable bonds is 5. The number of carbonyl (C=O) groups excluding carboxylic acids is 1. The van der Waals surface area contributed by atoms with Crippen LogP contribution in [-0.4, -0.2) is 33.6 Å². The maximum atomic E-state index is 12.8. The van der Waals surface area contributed by atoms with Gasteiger partial charge in [0.05, 0.1) is 11.9 Å². The summed E-state index contributed by atoms with van der Waals surface area (Å²) in [6.45, 7) is 5.17. The second-order valence-corrected chi connectivity index (χ2v) is 7.01. The number of anilines is 1. The van der Waals surface area contributed by atoms with Gasteiger partial charge in [0.2, 0.25) is 0 Å². The fourth-order valence-corrected chi connectivity index (χ4v) is 3.39. The molecule has 112 valence electrons. The molecule has 1 fully saturated rings. The number of aromatic nitrogens is 2. The van der Waals surface area contributed by atoms with Crippen molar-refractivity contribution >= 4 is 33.1 Å². The predicted molar refractivity (Wildman–Crippen MR) is 85.3 cm³/mol. The summed E-state index contributed by atoms with van der Waals surface area (Å²) in [5.41, 5.74) is 6.70. The van der Waals surface area contributed by atoms with Crippen LogP contribution >= 0.6 is 11.3 Å². The molecule has 0 aromatic carbocycles. The molecule has 0 aliphatic heterocycles. The van der Waals surface area contributed by atoms with Crippen molar-refractivity contribution in [2.45, 2.75) is 39.2 Å². The number of nitrogen functional groups attached to an aromatic ring is 1. The van der Waals surface area contributed by atoms with Crippen molar-refractivity contribution in [1.29, 1.82) is 0 Å². The zero-order chi connectivity index (χ0) is 15.0. The first kappa shape index (κ1) is 14.3. The standard InChI is InChI=1S/C15H20N4OS/c1-9(2)6-8-19(10-3-4-10)15(20)13-12(16)11-5-7-17-18-14(11)21-13/h5,7,9-10H,3-4,6,8,16H2,1-2H3. The molecule has 1 saturated carbocycles. The van der Waals surface area contributed by atoms with Crippen molar-refractivity contribution in [2.24, 2.45) is 5.92 Å². The Labute approximate surface area is 128 Å². The number of nitrogens with two attached hydrogens (primary N) is 1. The predicted octanol–water partition coefficient (Wildman–Crippen LogP) is 2.92. The van der Waals surface area contributed by atoms with Gasteiger partial charge < -0.3 is 10.6 Å². The quantitative estimate of drug-likeness (QED) is 0.922. The molecule has 0 spiro atoms. The van der Waals surface area contributed by atoms with Gasteiger partial charge in [0.25, 0.3) is 5.91 Å². The van der Waals surface area contributed by atoms with Crippen LogP contribution in [0.3, 0.4) is 0 Å². The van der Waals surface area contributed by atoms with E-state index in [-0.39, 0.29) is 5.91 Å². The maximum absolute atomic E-state index is 12.8. The first-order valence-electron chi connectivity index (χ1n) is 7.38. The molecule has 21 heavy (non-hydrogen) atoms. The van der Waals surface area contributed by atoms with E-state index >= 15 is 0 Å². The topological polar surface area (TPSA) is 72.1 Å². The average molecular weight is 304 g/mol. The van der Waals surface area contributed by atoms with Crippen LogP contribution in [0.25, 0.3) is 10.2 Å². The lowest BCUT2D eigenvalue weighted by Gasteiger charge is -2.23. The van der Waals surface area contributed by atoms with Gasteiger partial charge in [-0.2, -0.15) is 5.10 Å². The van der Waals surface area contributed by atoms with E-state index in [1.807, 2.05) is 11.0 Å². The van der Waals surface area contributed by atoms with Crippen LogP contribution in [-0.2, 0) is 0 Å². The molecule has 1 aliphatic carbocycles. The number of hydrogen-bond donors (Lipinski definition) is 1. The second kappa shape index (κ2) is 5.60. The molecule has 1 aliphatic rings. The van der Waals surface area contributed by atoms with Crippen molar-refractivity contribution in [3.63, 3.8) is 0 Å². The van der Waals surface area contributed by atoms with Gasteiger partial charge >= 0.3 is 0 Å². The first-order chi connectivity index (χ1) is 10.1. The largest absolute Gasteiger partial charge is 0.397 e. The molecular formula is C15H20N4OS. The monoisotopic (exact) mass is 304 g/mol. The fourth-order valence-electron chi connectivity index (χ4n) is 2.40. The number of fused-ring (bicyclic) bond motifs is 1. The molecule has 0 bridgehead atoms. The van der Waals surface area contributed by atoms with Gasteiger partial charge in [-0.05, 0) is 31.2 Å². The third kappa shape index (κ3) is 2.85. The molecule has 1 amide bonds. The van der Waals surface area contributed by atoms with Gasteiger partial charge in [-0.25, -0.2) is 0 Å². The van der Waals surface area contributed by atoms with Crippen LogP contribution in [0.15, 0.2) is 12.3 Å². The molecule has 3 rings (SSSR count). The highest BCUT2D eigenvalue weighted by Gasteiger charge is 2.34. The SMILES string of the molecule is CC(C)CCN(C(=O)c1sc2nnccc2c1N)C1CC1. The van der Waals surface area contributed by atoms with Crippen LogP contribution in [0.2, 0.25) is 0 Å². The van der Waals surface area contributed by atoms with Gasteiger partial charge in [-0.3, -0.25) is 4.79 Å². The normalized spacial score (nSPS) is 14.8. The molecule has 2 heterocycles. The van der Waals surface area contributed by atoms with Gasteiger partial charge in [0.15, 0.2) is 0 Å². The minimum Gasteiger partial charge on any atom is -0.397 e. The third-order valence-electron chi connectivity index (χ3n) is 3.81. The molecule has 5 nitrogen and oxygen atoms in total. The number of thiophene rings is 1. The van der Waals surface area contributed by atoms with E-state index in [1.54, 1.807) is 6.20 Å². The molecule has 6 heteroatoms. The third-order valence-corrected chi connectivity index (χ3v) is 4.90. The van der Waals surface area contributed by atoms with Gasteiger partial charge in [0, 0.05) is 18.0 Å². The summed E-state index contributed by atoms with van der Waals surface area (Å²) in [4.78, 5) is 16.2. The molecule has 0 saturated heterocycles. The van der Waals surface area contributed by atoms with Crippen molar-refractivity contribution in [3.8, 4) is 0 Å². The molecule has 0 atom stereocenters. The lowest BCUT2D eigenvalue weighted by Crippen LogP contribution is -2.34. The van der Waals surface area contributed by atoms with Crippen LogP contribution in [0.4, 0.5) is 5.69 Å². The van der Waals surface area contributed by atoms with E-state index in [4.69, 9.17) is 5.73 Å². The van der Waals surface area contributed by atoms with Crippen molar-refractivity contribution in [3.05, 3.63) is 17.1 Å². The summed E-state index contributed by atoms with van der Waals surface area (Å²) >= 11 is 1.35. The molecular weight excluding hydrogens is 284 g/mol. The summed E-state index contributed by atoms with van der Waals surface area (Å²) in [6.07, 6.45) is 4.84. The van der Waals surface area contributed by atoms with Crippen LogP contribution in [0, 0.1) is 5.92 Å². The Morgan fingerprint density at radius 2 is 2.29 bits per heavy atom. The molecule has 2 aromatic rings. The van der Waals surface area contributed by atoms with E-state index < -0.39 is 0 Å². The van der Waals surface area contributed by atoms with Gasteiger partial charge in [-0.1, -0.05) is 13.8 Å². The Kier molecular flexibility index (Phi) is 3.80. The van der Waals surface area contributed by atoms with Crippen LogP contribution in [0.5, 0.6) is 0 Å². The minimum atomic E-state index is 0.0543. The molecule has 0 unspecified atom stereocenters. The highest BCUT2D eigenvalue weighted by Crippen LogP contribution is 2.35. The van der Waals surface area contributed by atoms with E-state index in [2.05, 4.69) is 24.0 Å². The Morgan fingerprint density at radius 3 is 2.90 bits per heavy atom. The molecule has 2 N–H and O–H groups in total. The second-order valence-electron chi connectivity index (χ2n) is 6.01. The van der Waals surface area contributed by atoms with Crippen LogP contribution in [0.1, 0.15) is 42.8 Å². The van der Waals surface area contributed by atoms with E-state index in [0.29, 0.717) is 22.5 Å². The number of nitrogens with zero attached hydrogens (tertiary/aromatic N) is 3. The Hall–Kier alpha value is -1.69. The summed E-state index contributed by atoms with van der Waals surface area (Å²) < 4.78 is 0. The average Bonchev–Trinajstić information content (AvgIpc) is 3.23. The van der Waals surface area contributed by atoms with Crippen molar-refractivity contribution < 1.29 is 4.79 Å². The Bertz CT molecular complexity index is 663. The zero-order valence-electron chi connectivity index (χ0n) is 12.4. The Morgan fingerprint density at radius 1 is 1.52 bits per heavy atom. The van der Waals surface area contributed by atoms with Crippen molar-refractivity contribution in [2.75, 3.05) is 12.3 Å². The smallest absolute Gasteiger partial charge is 0.266 e. The highest BCUT2D eigenvalue weighted by atomic mass is 32.1. The van der Waals surface area contributed by atoms with E-state index in [9.17, 15) is 4.79 Å². The highest BCUT2D eigenvalue weighted by molar-refractivity contribution is 7.21. The summed E-state index contributed by atoms with van der Waals surface area (Å²) in [5, 5.41) is 8.75. The lowest BCUT2D eigenvalue weighted by atomic mass is 10.1. The number of amides is 1. The van der Waals surface area contributed by atoms with E-state index in [1.165, 1.54) is 11.3 Å². The minimum absolute atomic E-state index is 0.0543.